The Labute approximate surface area is 102 Å². The first-order chi connectivity index (χ1) is 7.78. The molecule has 3 heteroatoms. The zero-order valence-electron chi connectivity index (χ0n) is 9.58. The van der Waals surface area contributed by atoms with Crippen molar-refractivity contribution in [3.8, 4) is 5.75 Å². The summed E-state index contributed by atoms with van der Waals surface area (Å²) >= 11 is 5.89. The van der Waals surface area contributed by atoms with Crippen LogP contribution in [0.2, 0.25) is 5.02 Å². The summed E-state index contributed by atoms with van der Waals surface area (Å²) in [5, 5.41) is 4.22. The number of halogens is 1. The Hall–Kier alpha value is -0.730. The molecule has 0 atom stereocenters. The quantitative estimate of drug-likeness (QED) is 0.852. The topological polar surface area (TPSA) is 21.3 Å². The van der Waals surface area contributed by atoms with Crippen LogP contribution in [-0.2, 0) is 0 Å². The molecule has 1 aromatic rings. The van der Waals surface area contributed by atoms with Crippen LogP contribution in [0.5, 0.6) is 5.75 Å². The van der Waals surface area contributed by atoms with Crippen molar-refractivity contribution < 1.29 is 4.74 Å². The molecule has 88 valence electrons. The van der Waals surface area contributed by atoms with Gasteiger partial charge >= 0.3 is 0 Å². The first-order valence-electron chi connectivity index (χ1n) is 5.93. The van der Waals surface area contributed by atoms with Gasteiger partial charge in [-0.25, -0.2) is 0 Å². The third-order valence-electron chi connectivity index (χ3n) is 2.88. The van der Waals surface area contributed by atoms with Gasteiger partial charge in [-0.2, -0.15) is 0 Å². The van der Waals surface area contributed by atoms with Gasteiger partial charge in [0, 0.05) is 11.1 Å². The van der Waals surface area contributed by atoms with Crippen LogP contribution >= 0.6 is 11.6 Å². The summed E-state index contributed by atoms with van der Waals surface area (Å²) < 4.78 is 5.82. The third-order valence-corrected chi connectivity index (χ3v) is 3.11. The summed E-state index contributed by atoms with van der Waals surface area (Å²) in [4.78, 5) is 0. The minimum Gasteiger partial charge on any atom is -0.490 e. The largest absolute Gasteiger partial charge is 0.490 e. The summed E-state index contributed by atoms with van der Waals surface area (Å²) in [6.45, 7) is 3.29. The minimum atomic E-state index is 0.354. The monoisotopic (exact) mass is 239 g/mol. The van der Waals surface area contributed by atoms with Crippen LogP contribution in [0.4, 0.5) is 0 Å². The Balaban J connectivity index is 1.73. The van der Waals surface area contributed by atoms with Gasteiger partial charge in [0.2, 0.25) is 0 Å². The SMILES string of the molecule is CCCNC1CC(Oc2cccc(Cl)c2)C1. The van der Waals surface area contributed by atoms with Crippen molar-refractivity contribution in [1.82, 2.24) is 5.32 Å². The maximum atomic E-state index is 5.89. The number of benzene rings is 1. The van der Waals surface area contributed by atoms with Gasteiger partial charge in [-0.1, -0.05) is 24.6 Å². The van der Waals surface area contributed by atoms with Crippen molar-refractivity contribution in [2.24, 2.45) is 0 Å². The molecule has 0 aromatic heterocycles. The zero-order chi connectivity index (χ0) is 11.4. The van der Waals surface area contributed by atoms with Gasteiger partial charge in [0.25, 0.3) is 0 Å². The van der Waals surface area contributed by atoms with Crippen LogP contribution < -0.4 is 10.1 Å². The van der Waals surface area contributed by atoms with Crippen LogP contribution in [0.25, 0.3) is 0 Å². The van der Waals surface area contributed by atoms with Gasteiger partial charge in [-0.05, 0) is 44.0 Å². The van der Waals surface area contributed by atoms with Gasteiger partial charge in [-0.3, -0.25) is 0 Å². The first-order valence-corrected chi connectivity index (χ1v) is 6.31. The van der Waals surface area contributed by atoms with Crippen LogP contribution in [0, 0.1) is 0 Å². The molecule has 2 nitrogen and oxygen atoms in total. The lowest BCUT2D eigenvalue weighted by atomic mass is 9.89. The summed E-state index contributed by atoms with van der Waals surface area (Å²) in [5.74, 6) is 0.881. The molecule has 1 fully saturated rings. The van der Waals surface area contributed by atoms with Gasteiger partial charge in [0.15, 0.2) is 0 Å². The molecule has 0 spiro atoms. The number of hydrogen-bond acceptors (Lipinski definition) is 2. The molecule has 0 radical (unpaired) electrons. The standard InChI is InChI=1S/C13H18ClNO/c1-2-6-15-11-8-13(9-11)16-12-5-3-4-10(14)7-12/h3-5,7,11,13,15H,2,6,8-9H2,1H3. The van der Waals surface area contributed by atoms with Crippen molar-refractivity contribution in [3.63, 3.8) is 0 Å². The molecule has 0 amide bonds. The fourth-order valence-electron chi connectivity index (χ4n) is 1.91. The highest BCUT2D eigenvalue weighted by Gasteiger charge is 2.30. The van der Waals surface area contributed by atoms with E-state index in [-0.39, 0.29) is 0 Å². The van der Waals surface area contributed by atoms with Crippen molar-refractivity contribution >= 4 is 11.6 Å². The summed E-state index contributed by atoms with van der Waals surface area (Å²) in [6.07, 6.45) is 3.75. The minimum absolute atomic E-state index is 0.354. The Morgan fingerprint density at radius 1 is 1.44 bits per heavy atom. The van der Waals surface area contributed by atoms with Gasteiger partial charge < -0.3 is 10.1 Å². The molecule has 2 rings (SSSR count). The number of hydrogen-bond donors (Lipinski definition) is 1. The Morgan fingerprint density at radius 3 is 2.94 bits per heavy atom. The van der Waals surface area contributed by atoms with Crippen LogP contribution in [0.3, 0.4) is 0 Å². The molecular weight excluding hydrogens is 222 g/mol. The summed E-state index contributed by atoms with van der Waals surface area (Å²) in [7, 11) is 0. The predicted molar refractivity (Wildman–Crippen MR) is 67.2 cm³/mol. The normalized spacial score (nSPS) is 23.9. The second-order valence-corrected chi connectivity index (χ2v) is 4.76. The highest BCUT2D eigenvalue weighted by atomic mass is 35.5. The molecule has 1 saturated carbocycles. The molecule has 0 unspecified atom stereocenters. The predicted octanol–water partition coefficient (Wildman–Crippen LogP) is 3.25. The molecular formula is C13H18ClNO. The number of rotatable bonds is 5. The molecule has 1 N–H and O–H groups in total. The maximum absolute atomic E-state index is 5.89. The van der Waals surface area contributed by atoms with Gasteiger partial charge in [0.05, 0.1) is 0 Å². The molecule has 0 saturated heterocycles. The van der Waals surface area contributed by atoms with E-state index in [0.717, 1.165) is 30.2 Å². The van der Waals surface area contributed by atoms with E-state index in [0.29, 0.717) is 12.1 Å². The summed E-state index contributed by atoms with van der Waals surface area (Å²) in [5.41, 5.74) is 0. The molecule has 1 aliphatic carbocycles. The molecule has 1 aromatic carbocycles. The molecule has 1 aliphatic rings. The van der Waals surface area contributed by atoms with Crippen molar-refractivity contribution in [2.75, 3.05) is 6.54 Å². The molecule has 0 aliphatic heterocycles. The lowest BCUT2D eigenvalue weighted by Gasteiger charge is -2.36. The zero-order valence-corrected chi connectivity index (χ0v) is 10.3. The fraction of sp³-hybridized carbons (Fsp3) is 0.538. The smallest absolute Gasteiger partial charge is 0.121 e. The van der Waals surface area contributed by atoms with E-state index in [1.165, 1.54) is 6.42 Å². The highest BCUT2D eigenvalue weighted by molar-refractivity contribution is 6.30. The second-order valence-electron chi connectivity index (χ2n) is 4.32. The number of nitrogens with one attached hydrogen (secondary N) is 1. The van der Waals surface area contributed by atoms with E-state index in [1.807, 2.05) is 24.3 Å². The van der Waals surface area contributed by atoms with Crippen molar-refractivity contribution in [2.45, 2.75) is 38.3 Å². The molecule has 0 heterocycles. The van der Waals surface area contributed by atoms with Crippen LogP contribution in [-0.4, -0.2) is 18.7 Å². The van der Waals surface area contributed by atoms with Crippen molar-refractivity contribution in [3.05, 3.63) is 29.3 Å². The third kappa shape index (κ3) is 3.13. The van der Waals surface area contributed by atoms with E-state index in [9.17, 15) is 0 Å². The maximum Gasteiger partial charge on any atom is 0.121 e. The lowest BCUT2D eigenvalue weighted by molar-refractivity contribution is 0.0853. The highest BCUT2D eigenvalue weighted by Crippen LogP contribution is 2.27. The van der Waals surface area contributed by atoms with E-state index in [1.54, 1.807) is 0 Å². The van der Waals surface area contributed by atoms with Crippen LogP contribution in [0.1, 0.15) is 26.2 Å². The van der Waals surface area contributed by atoms with Crippen molar-refractivity contribution in [1.29, 1.82) is 0 Å². The fourth-order valence-corrected chi connectivity index (χ4v) is 2.09. The average molecular weight is 240 g/mol. The average Bonchev–Trinajstić information content (AvgIpc) is 2.21. The summed E-state index contributed by atoms with van der Waals surface area (Å²) in [6, 6.07) is 8.25. The van der Waals surface area contributed by atoms with Gasteiger partial charge in [-0.15, -0.1) is 0 Å². The van der Waals surface area contributed by atoms with E-state index < -0.39 is 0 Å². The van der Waals surface area contributed by atoms with E-state index >= 15 is 0 Å². The number of ether oxygens (including phenoxy) is 1. The second kappa shape index (κ2) is 5.55. The lowest BCUT2D eigenvalue weighted by Crippen LogP contribution is -2.46. The Morgan fingerprint density at radius 2 is 2.25 bits per heavy atom. The van der Waals surface area contributed by atoms with Gasteiger partial charge in [0.1, 0.15) is 11.9 Å². The molecule has 0 bridgehead atoms. The Kier molecular flexibility index (Phi) is 4.08. The van der Waals surface area contributed by atoms with E-state index in [4.69, 9.17) is 16.3 Å². The van der Waals surface area contributed by atoms with E-state index in [2.05, 4.69) is 12.2 Å². The first kappa shape index (κ1) is 11.7. The molecule has 16 heavy (non-hydrogen) atoms. The Bertz CT molecular complexity index is 336. The van der Waals surface area contributed by atoms with Crippen LogP contribution in [0.15, 0.2) is 24.3 Å².